The minimum absolute atomic E-state index is 0.0498. The van der Waals surface area contributed by atoms with Crippen LogP contribution in [0.1, 0.15) is 26.7 Å². The van der Waals surface area contributed by atoms with Gasteiger partial charge in [0.2, 0.25) is 11.8 Å². The van der Waals surface area contributed by atoms with Crippen molar-refractivity contribution < 1.29 is 9.59 Å². The standard InChI is InChI=1S/C9H17ClN2O2/c1-7(2)12-9(14)4-6-11-8(13)3-5-10/h7H,3-6H2,1-2H3,(H,11,13)(H,12,14). The zero-order chi connectivity index (χ0) is 11.0. The van der Waals surface area contributed by atoms with Crippen LogP contribution >= 0.6 is 11.6 Å². The second-order valence-electron chi connectivity index (χ2n) is 3.26. The van der Waals surface area contributed by atoms with Crippen molar-refractivity contribution in [3.8, 4) is 0 Å². The zero-order valence-electron chi connectivity index (χ0n) is 8.60. The highest BCUT2D eigenvalue weighted by Gasteiger charge is 2.04. The van der Waals surface area contributed by atoms with Gasteiger partial charge in [0.05, 0.1) is 0 Å². The third kappa shape index (κ3) is 7.86. The van der Waals surface area contributed by atoms with Crippen molar-refractivity contribution in [1.29, 1.82) is 0 Å². The van der Waals surface area contributed by atoms with E-state index in [4.69, 9.17) is 11.6 Å². The van der Waals surface area contributed by atoms with Crippen molar-refractivity contribution in [1.82, 2.24) is 10.6 Å². The minimum atomic E-state index is -0.114. The quantitative estimate of drug-likeness (QED) is 0.646. The molecule has 0 aliphatic heterocycles. The van der Waals surface area contributed by atoms with Gasteiger partial charge < -0.3 is 10.6 Å². The number of amides is 2. The molecule has 0 spiro atoms. The number of alkyl halides is 1. The summed E-state index contributed by atoms with van der Waals surface area (Å²) in [6.07, 6.45) is 0.611. The molecule has 0 heterocycles. The van der Waals surface area contributed by atoms with Gasteiger partial charge in [-0.2, -0.15) is 0 Å². The number of carbonyl (C=O) groups excluding carboxylic acids is 2. The molecule has 0 fully saturated rings. The first-order valence-electron chi connectivity index (χ1n) is 4.68. The lowest BCUT2D eigenvalue weighted by molar-refractivity contribution is -0.122. The van der Waals surface area contributed by atoms with Crippen molar-refractivity contribution in [3.63, 3.8) is 0 Å². The molecule has 0 rings (SSSR count). The topological polar surface area (TPSA) is 58.2 Å². The van der Waals surface area contributed by atoms with Gasteiger partial charge in [0.25, 0.3) is 0 Å². The van der Waals surface area contributed by atoms with E-state index >= 15 is 0 Å². The van der Waals surface area contributed by atoms with Crippen LogP contribution in [0, 0.1) is 0 Å². The molecule has 14 heavy (non-hydrogen) atoms. The molecule has 5 heteroatoms. The Morgan fingerprint density at radius 3 is 2.36 bits per heavy atom. The Hall–Kier alpha value is -0.770. The van der Waals surface area contributed by atoms with Crippen LogP contribution in [0.3, 0.4) is 0 Å². The molecule has 0 aliphatic rings. The zero-order valence-corrected chi connectivity index (χ0v) is 9.36. The molecule has 0 aromatic rings. The Morgan fingerprint density at radius 1 is 1.21 bits per heavy atom. The Labute approximate surface area is 89.4 Å². The number of carbonyl (C=O) groups is 2. The highest BCUT2D eigenvalue weighted by molar-refractivity contribution is 6.18. The van der Waals surface area contributed by atoms with Crippen LogP contribution in [-0.4, -0.2) is 30.3 Å². The Kier molecular flexibility index (Phi) is 7.20. The van der Waals surface area contributed by atoms with Crippen molar-refractivity contribution in [3.05, 3.63) is 0 Å². The van der Waals surface area contributed by atoms with E-state index in [1.165, 1.54) is 0 Å². The first-order valence-corrected chi connectivity index (χ1v) is 5.21. The van der Waals surface area contributed by atoms with Gasteiger partial charge in [0, 0.05) is 31.3 Å². The van der Waals surface area contributed by atoms with E-state index in [0.29, 0.717) is 25.3 Å². The average Bonchev–Trinajstić information content (AvgIpc) is 2.02. The summed E-state index contributed by atoms with van der Waals surface area (Å²) in [5.74, 6) is 0.146. The first kappa shape index (κ1) is 13.2. The third-order valence-electron chi connectivity index (χ3n) is 1.45. The fraction of sp³-hybridized carbons (Fsp3) is 0.778. The van der Waals surface area contributed by atoms with E-state index in [9.17, 15) is 9.59 Å². The van der Waals surface area contributed by atoms with Gasteiger partial charge in [-0.15, -0.1) is 11.6 Å². The summed E-state index contributed by atoms with van der Waals surface area (Å²) in [6.45, 7) is 4.15. The highest BCUT2D eigenvalue weighted by atomic mass is 35.5. The Bertz CT molecular complexity index is 195. The largest absolute Gasteiger partial charge is 0.356 e. The maximum Gasteiger partial charge on any atom is 0.221 e. The van der Waals surface area contributed by atoms with Gasteiger partial charge in [-0.3, -0.25) is 9.59 Å². The van der Waals surface area contributed by atoms with E-state index in [0.717, 1.165) is 0 Å². The van der Waals surface area contributed by atoms with E-state index in [-0.39, 0.29) is 17.9 Å². The molecule has 0 atom stereocenters. The first-order chi connectivity index (χ1) is 6.56. The van der Waals surface area contributed by atoms with E-state index in [2.05, 4.69) is 10.6 Å². The predicted molar refractivity (Wildman–Crippen MR) is 56.2 cm³/mol. The summed E-state index contributed by atoms with van der Waals surface area (Å²) in [4.78, 5) is 22.0. The third-order valence-corrected chi connectivity index (χ3v) is 1.63. The van der Waals surface area contributed by atoms with Crippen LogP contribution in [0.25, 0.3) is 0 Å². The molecule has 0 radical (unpaired) electrons. The minimum Gasteiger partial charge on any atom is -0.356 e. The van der Waals surface area contributed by atoms with Crippen LogP contribution in [0.4, 0.5) is 0 Å². The predicted octanol–water partition coefficient (Wildman–Crippen LogP) is 0.646. The summed E-state index contributed by atoms with van der Waals surface area (Å²) >= 11 is 5.37. The number of rotatable bonds is 6. The van der Waals surface area contributed by atoms with Gasteiger partial charge in [-0.25, -0.2) is 0 Å². The fourth-order valence-corrected chi connectivity index (χ4v) is 1.06. The van der Waals surface area contributed by atoms with Crippen molar-refractivity contribution in [2.45, 2.75) is 32.7 Å². The normalized spacial score (nSPS) is 10.0. The molecule has 0 aromatic carbocycles. The molecule has 0 saturated carbocycles. The lowest BCUT2D eigenvalue weighted by atomic mass is 10.3. The molecular formula is C9H17ClN2O2. The van der Waals surface area contributed by atoms with Gasteiger partial charge in [-0.1, -0.05) is 0 Å². The summed E-state index contributed by atoms with van der Waals surface area (Å²) in [6, 6.07) is 0.140. The van der Waals surface area contributed by atoms with Crippen LogP contribution in [0.15, 0.2) is 0 Å². The molecular weight excluding hydrogens is 204 g/mol. The van der Waals surface area contributed by atoms with E-state index in [1.54, 1.807) is 0 Å². The number of hydrogen-bond acceptors (Lipinski definition) is 2. The highest BCUT2D eigenvalue weighted by Crippen LogP contribution is 1.86. The molecule has 0 saturated heterocycles. The van der Waals surface area contributed by atoms with Gasteiger partial charge >= 0.3 is 0 Å². The number of halogens is 1. The Balaban J connectivity index is 3.44. The summed E-state index contributed by atoms with van der Waals surface area (Å²) < 4.78 is 0. The lowest BCUT2D eigenvalue weighted by Gasteiger charge is -2.08. The summed E-state index contributed by atoms with van der Waals surface area (Å²) in [5, 5.41) is 5.34. The molecule has 82 valence electrons. The molecule has 0 aromatic heterocycles. The van der Waals surface area contributed by atoms with Gasteiger partial charge in [0.15, 0.2) is 0 Å². The van der Waals surface area contributed by atoms with Gasteiger partial charge in [0.1, 0.15) is 0 Å². The summed E-state index contributed by atoms with van der Waals surface area (Å²) in [7, 11) is 0. The second kappa shape index (κ2) is 7.62. The molecule has 0 bridgehead atoms. The maximum atomic E-state index is 11.1. The second-order valence-corrected chi connectivity index (χ2v) is 3.64. The molecule has 2 amide bonds. The van der Waals surface area contributed by atoms with Crippen molar-refractivity contribution >= 4 is 23.4 Å². The van der Waals surface area contributed by atoms with Crippen LogP contribution < -0.4 is 10.6 Å². The summed E-state index contributed by atoms with van der Waals surface area (Å²) in [5.41, 5.74) is 0. The van der Waals surface area contributed by atoms with Crippen LogP contribution in [0.5, 0.6) is 0 Å². The monoisotopic (exact) mass is 220 g/mol. The van der Waals surface area contributed by atoms with E-state index < -0.39 is 0 Å². The average molecular weight is 221 g/mol. The SMILES string of the molecule is CC(C)NC(=O)CCNC(=O)CCCl. The fourth-order valence-electron chi connectivity index (χ4n) is 0.884. The van der Waals surface area contributed by atoms with Crippen LogP contribution in [-0.2, 0) is 9.59 Å². The van der Waals surface area contributed by atoms with E-state index in [1.807, 2.05) is 13.8 Å². The number of nitrogens with one attached hydrogen (secondary N) is 2. The van der Waals surface area contributed by atoms with Crippen LogP contribution in [0.2, 0.25) is 0 Å². The smallest absolute Gasteiger partial charge is 0.221 e. The van der Waals surface area contributed by atoms with Crippen molar-refractivity contribution in [2.75, 3.05) is 12.4 Å². The maximum absolute atomic E-state index is 11.1. The molecule has 0 unspecified atom stereocenters. The van der Waals surface area contributed by atoms with Gasteiger partial charge in [-0.05, 0) is 13.8 Å². The number of hydrogen-bond donors (Lipinski definition) is 2. The molecule has 2 N–H and O–H groups in total. The Morgan fingerprint density at radius 2 is 1.86 bits per heavy atom. The lowest BCUT2D eigenvalue weighted by Crippen LogP contribution is -2.34. The van der Waals surface area contributed by atoms with Crippen molar-refractivity contribution in [2.24, 2.45) is 0 Å². The molecule has 0 aliphatic carbocycles. The molecule has 4 nitrogen and oxygen atoms in total.